The third-order valence-corrected chi connectivity index (χ3v) is 4.80. The number of phenolic OH excluding ortho intramolecular Hbond substituents is 1. The second-order valence-electron chi connectivity index (χ2n) is 4.28. The van der Waals surface area contributed by atoms with E-state index in [1.165, 1.54) is 31.2 Å². The average Bonchev–Trinajstić information content (AvgIpc) is 2.50. The highest BCUT2D eigenvalue weighted by atomic mass is 32.2. The van der Waals surface area contributed by atoms with Gasteiger partial charge in [-0.3, -0.25) is 4.79 Å². The third-order valence-electron chi connectivity index (χ3n) is 2.87. The van der Waals surface area contributed by atoms with Gasteiger partial charge < -0.3 is 10.2 Å². The fraction of sp³-hybridized carbons (Fsp3) is 0.250. The van der Waals surface area contributed by atoms with E-state index >= 15 is 0 Å². The molecule has 1 aromatic carbocycles. The highest BCUT2D eigenvalue weighted by Crippen LogP contribution is 2.37. The lowest BCUT2D eigenvalue weighted by molar-refractivity contribution is -0.141. The van der Waals surface area contributed by atoms with Gasteiger partial charge in [0.15, 0.2) is 0 Å². The van der Waals surface area contributed by atoms with E-state index in [0.29, 0.717) is 5.56 Å². The Balaban J connectivity index is 2.42. The topological polar surface area (TPSA) is 91.7 Å². The highest BCUT2D eigenvalue weighted by Gasteiger charge is 2.31. The fourth-order valence-corrected chi connectivity index (χ4v) is 3.55. The lowest BCUT2D eigenvalue weighted by Crippen LogP contribution is -2.12. The standard InChI is InChI=1S/C12H12O5S/c1-7(12(14)15)4-10-6-8-5-9(13)2-3-11(8)18(10,16)17/h2-3,5-7,13H,4H2,1H3,(H,14,15). The fourth-order valence-electron chi connectivity index (χ4n) is 1.84. The lowest BCUT2D eigenvalue weighted by atomic mass is 10.1. The Morgan fingerprint density at radius 1 is 1.39 bits per heavy atom. The Bertz CT molecular complexity index is 642. The molecule has 1 aromatic rings. The van der Waals surface area contributed by atoms with Crippen molar-refractivity contribution in [2.24, 2.45) is 5.92 Å². The van der Waals surface area contributed by atoms with E-state index in [4.69, 9.17) is 5.11 Å². The van der Waals surface area contributed by atoms with Crippen LogP contribution < -0.4 is 0 Å². The van der Waals surface area contributed by atoms with Crippen molar-refractivity contribution in [3.63, 3.8) is 0 Å². The van der Waals surface area contributed by atoms with Crippen molar-refractivity contribution >= 4 is 21.9 Å². The van der Waals surface area contributed by atoms with Gasteiger partial charge in [0.2, 0.25) is 9.84 Å². The summed E-state index contributed by atoms with van der Waals surface area (Å²) < 4.78 is 24.2. The van der Waals surface area contributed by atoms with Crippen LogP contribution in [0.15, 0.2) is 28.0 Å². The van der Waals surface area contributed by atoms with Crippen LogP contribution in [0.4, 0.5) is 0 Å². The molecule has 2 rings (SSSR count). The number of carboxylic acid groups (broad SMARTS) is 1. The zero-order chi connectivity index (χ0) is 13.5. The smallest absolute Gasteiger partial charge is 0.306 e. The maximum Gasteiger partial charge on any atom is 0.306 e. The molecule has 5 nitrogen and oxygen atoms in total. The molecule has 18 heavy (non-hydrogen) atoms. The molecule has 6 heteroatoms. The molecular weight excluding hydrogens is 256 g/mol. The predicted octanol–water partition coefficient (Wildman–Crippen LogP) is 1.63. The van der Waals surface area contributed by atoms with Crippen LogP contribution in [0, 0.1) is 5.92 Å². The van der Waals surface area contributed by atoms with Gasteiger partial charge in [-0.1, -0.05) is 6.92 Å². The molecule has 2 N–H and O–H groups in total. The van der Waals surface area contributed by atoms with Crippen molar-refractivity contribution in [1.82, 2.24) is 0 Å². The first-order valence-corrected chi connectivity index (χ1v) is 6.82. The van der Waals surface area contributed by atoms with Crippen molar-refractivity contribution in [2.45, 2.75) is 18.2 Å². The first kappa shape index (κ1) is 12.6. The maximum absolute atomic E-state index is 12.1. The van der Waals surface area contributed by atoms with Gasteiger partial charge >= 0.3 is 5.97 Å². The van der Waals surface area contributed by atoms with Gasteiger partial charge in [-0.15, -0.1) is 0 Å². The molecule has 1 aliphatic rings. The number of rotatable bonds is 3. The molecule has 1 aliphatic heterocycles. The number of allylic oxidation sites excluding steroid dienone is 1. The summed E-state index contributed by atoms with van der Waals surface area (Å²) in [6.45, 7) is 1.46. The maximum atomic E-state index is 12.1. The Labute approximate surface area is 104 Å². The van der Waals surface area contributed by atoms with Crippen LogP contribution in [0.5, 0.6) is 5.75 Å². The first-order valence-electron chi connectivity index (χ1n) is 5.34. The highest BCUT2D eigenvalue weighted by molar-refractivity contribution is 7.95. The summed E-state index contributed by atoms with van der Waals surface area (Å²) >= 11 is 0. The number of sulfone groups is 1. The van der Waals surface area contributed by atoms with Gasteiger partial charge in [0.25, 0.3) is 0 Å². The van der Waals surface area contributed by atoms with E-state index in [0.717, 1.165) is 0 Å². The summed E-state index contributed by atoms with van der Waals surface area (Å²) in [6.07, 6.45) is 1.37. The lowest BCUT2D eigenvalue weighted by Gasteiger charge is -2.07. The second-order valence-corrected chi connectivity index (χ2v) is 6.25. The number of aliphatic carboxylic acids is 1. The van der Waals surface area contributed by atoms with Gasteiger partial charge in [-0.25, -0.2) is 8.42 Å². The summed E-state index contributed by atoms with van der Waals surface area (Å²) in [5.41, 5.74) is 0.405. The monoisotopic (exact) mass is 268 g/mol. The molecule has 0 saturated heterocycles. The van der Waals surface area contributed by atoms with Gasteiger partial charge in [-0.05, 0) is 36.3 Å². The summed E-state index contributed by atoms with van der Waals surface area (Å²) in [6, 6.07) is 3.98. The minimum atomic E-state index is -3.61. The van der Waals surface area contributed by atoms with E-state index in [-0.39, 0.29) is 22.0 Å². The third kappa shape index (κ3) is 1.99. The molecule has 0 aromatic heterocycles. The zero-order valence-corrected chi connectivity index (χ0v) is 10.4. The molecule has 0 spiro atoms. The van der Waals surface area contributed by atoms with E-state index in [2.05, 4.69) is 0 Å². The van der Waals surface area contributed by atoms with Crippen LogP contribution in [0.1, 0.15) is 18.9 Å². The van der Waals surface area contributed by atoms with Gasteiger partial charge in [0.1, 0.15) is 5.75 Å². The van der Waals surface area contributed by atoms with Gasteiger partial charge in [0, 0.05) is 0 Å². The molecule has 1 heterocycles. The van der Waals surface area contributed by atoms with Crippen LogP contribution in [-0.4, -0.2) is 24.6 Å². The molecule has 96 valence electrons. The van der Waals surface area contributed by atoms with Crippen LogP contribution in [0.25, 0.3) is 6.08 Å². The average molecular weight is 268 g/mol. The van der Waals surface area contributed by atoms with Crippen LogP contribution in [0.3, 0.4) is 0 Å². The van der Waals surface area contributed by atoms with Crippen molar-refractivity contribution in [2.75, 3.05) is 0 Å². The van der Waals surface area contributed by atoms with Crippen molar-refractivity contribution < 1.29 is 23.4 Å². The van der Waals surface area contributed by atoms with Gasteiger partial charge in [0.05, 0.1) is 15.7 Å². The summed E-state index contributed by atoms with van der Waals surface area (Å²) in [5.74, 6) is -1.83. The first-order chi connectivity index (χ1) is 8.32. The number of carboxylic acids is 1. The van der Waals surface area contributed by atoms with E-state index < -0.39 is 21.7 Å². The minimum absolute atomic E-state index is 0.0206. The normalized spacial score (nSPS) is 17.9. The number of carbonyl (C=O) groups is 1. The Hall–Kier alpha value is -1.82. The summed E-state index contributed by atoms with van der Waals surface area (Å²) in [7, 11) is -3.61. The Morgan fingerprint density at radius 2 is 2.06 bits per heavy atom. The van der Waals surface area contributed by atoms with Crippen molar-refractivity contribution in [1.29, 1.82) is 0 Å². The van der Waals surface area contributed by atoms with E-state index in [9.17, 15) is 18.3 Å². The van der Waals surface area contributed by atoms with E-state index in [1.54, 1.807) is 0 Å². The van der Waals surface area contributed by atoms with Crippen molar-refractivity contribution in [3.8, 4) is 5.75 Å². The molecule has 0 radical (unpaired) electrons. The molecule has 1 unspecified atom stereocenters. The zero-order valence-electron chi connectivity index (χ0n) is 9.62. The second kappa shape index (κ2) is 4.13. The summed E-state index contributed by atoms with van der Waals surface area (Å²) in [4.78, 5) is 11.0. The van der Waals surface area contributed by atoms with Crippen LogP contribution in [-0.2, 0) is 14.6 Å². The number of hydrogen-bond donors (Lipinski definition) is 2. The summed E-state index contributed by atoms with van der Waals surface area (Å²) in [5, 5.41) is 18.1. The molecule has 0 saturated carbocycles. The SMILES string of the molecule is CC(CC1=Cc2cc(O)ccc2S1(=O)=O)C(=O)O. The minimum Gasteiger partial charge on any atom is -0.508 e. The molecule has 0 bridgehead atoms. The number of benzene rings is 1. The van der Waals surface area contributed by atoms with E-state index in [1.807, 2.05) is 0 Å². The predicted molar refractivity (Wildman–Crippen MR) is 64.7 cm³/mol. The quantitative estimate of drug-likeness (QED) is 0.869. The number of fused-ring (bicyclic) bond motifs is 1. The van der Waals surface area contributed by atoms with Crippen LogP contribution >= 0.6 is 0 Å². The van der Waals surface area contributed by atoms with Crippen LogP contribution in [0.2, 0.25) is 0 Å². The number of hydrogen-bond acceptors (Lipinski definition) is 4. The Morgan fingerprint density at radius 3 is 2.67 bits per heavy atom. The molecule has 0 amide bonds. The molecule has 0 aliphatic carbocycles. The molecular formula is C12H12O5S. The molecule has 0 fully saturated rings. The largest absolute Gasteiger partial charge is 0.508 e. The van der Waals surface area contributed by atoms with Crippen molar-refractivity contribution in [3.05, 3.63) is 28.7 Å². The Kier molecular flexibility index (Phi) is 2.90. The molecule has 1 atom stereocenters. The number of aromatic hydroxyl groups is 1. The number of phenols is 1. The van der Waals surface area contributed by atoms with Gasteiger partial charge in [-0.2, -0.15) is 0 Å².